The second-order valence-electron chi connectivity index (χ2n) is 10.4. The number of ether oxygens (including phenoxy) is 1. The normalized spacial score (nSPS) is 23.0. The molecule has 0 aromatic heterocycles. The molecule has 1 aliphatic heterocycles. The minimum absolute atomic E-state index is 0.152. The minimum Gasteiger partial charge on any atom is -0.466 e. The first-order valence-corrected chi connectivity index (χ1v) is 12.4. The molecule has 1 fully saturated rings. The van der Waals surface area contributed by atoms with E-state index in [1.54, 1.807) is 11.8 Å². The van der Waals surface area contributed by atoms with E-state index >= 15 is 0 Å². The van der Waals surface area contributed by atoms with E-state index in [1.165, 1.54) is 0 Å². The van der Waals surface area contributed by atoms with Crippen molar-refractivity contribution < 1.29 is 14.3 Å². The summed E-state index contributed by atoms with van der Waals surface area (Å²) >= 11 is 6.74. The van der Waals surface area contributed by atoms with Crippen molar-refractivity contribution in [1.82, 2.24) is 10.2 Å². The lowest BCUT2D eigenvalue weighted by Gasteiger charge is -2.48. The van der Waals surface area contributed by atoms with Gasteiger partial charge in [-0.05, 0) is 79.7 Å². The zero-order valence-corrected chi connectivity index (χ0v) is 21.1. The first kappa shape index (κ1) is 25.6. The monoisotopic (exact) mass is 475 g/mol. The number of nitrogens with zero attached hydrogens (tertiary/aromatic N) is 1. The van der Waals surface area contributed by atoms with Gasteiger partial charge in [-0.1, -0.05) is 44.5 Å². The Morgan fingerprint density at radius 2 is 2.12 bits per heavy atom. The number of rotatable bonds is 8. The van der Waals surface area contributed by atoms with Crippen LogP contribution in [-0.2, 0) is 21.5 Å². The van der Waals surface area contributed by atoms with Gasteiger partial charge in [0.05, 0.1) is 18.6 Å². The van der Waals surface area contributed by atoms with E-state index in [9.17, 15) is 9.59 Å². The lowest BCUT2D eigenvalue weighted by molar-refractivity contribution is -0.143. The number of aryl methyl sites for hydroxylation is 1. The van der Waals surface area contributed by atoms with Crippen molar-refractivity contribution >= 4 is 23.6 Å². The van der Waals surface area contributed by atoms with Gasteiger partial charge in [0, 0.05) is 17.8 Å². The van der Waals surface area contributed by atoms with Gasteiger partial charge < -0.3 is 20.7 Å². The largest absolute Gasteiger partial charge is 0.466 e. The van der Waals surface area contributed by atoms with Gasteiger partial charge in [0.15, 0.2) is 0 Å². The number of fused-ring (bicyclic) bond motifs is 1. The van der Waals surface area contributed by atoms with Gasteiger partial charge in [-0.3, -0.25) is 4.79 Å². The van der Waals surface area contributed by atoms with Crippen LogP contribution in [0.1, 0.15) is 70.9 Å². The number of nitrogens with two attached hydrogens (primary N) is 1. The molecule has 1 aliphatic carbocycles. The second kappa shape index (κ2) is 10.5. The molecule has 33 heavy (non-hydrogen) atoms. The molecule has 0 spiro atoms. The summed E-state index contributed by atoms with van der Waals surface area (Å²) in [6.45, 7) is 9.56. The molecule has 2 aliphatic rings. The van der Waals surface area contributed by atoms with Gasteiger partial charge in [0.25, 0.3) is 0 Å². The first-order valence-electron chi connectivity index (χ1n) is 12.0. The van der Waals surface area contributed by atoms with Crippen LogP contribution in [0.3, 0.4) is 0 Å². The number of esters is 1. The average molecular weight is 476 g/mol. The van der Waals surface area contributed by atoms with E-state index in [-0.39, 0.29) is 36.3 Å². The maximum Gasteiger partial charge on any atom is 0.322 e. The van der Waals surface area contributed by atoms with Gasteiger partial charge in [0.2, 0.25) is 0 Å². The molecule has 2 unspecified atom stereocenters. The Morgan fingerprint density at radius 1 is 1.36 bits per heavy atom. The number of nitrogens with one attached hydrogen (secondary N) is 1. The van der Waals surface area contributed by atoms with Crippen molar-refractivity contribution in [2.24, 2.45) is 17.1 Å². The van der Waals surface area contributed by atoms with Crippen molar-refractivity contribution in [2.45, 2.75) is 71.8 Å². The summed E-state index contributed by atoms with van der Waals surface area (Å²) in [6.07, 6.45) is 6.76. The quantitative estimate of drug-likeness (QED) is 0.510. The van der Waals surface area contributed by atoms with Crippen LogP contribution in [-0.4, -0.2) is 36.6 Å². The molecule has 3 rings (SSSR count). The highest BCUT2D eigenvalue weighted by Gasteiger charge is 2.47. The fourth-order valence-corrected chi connectivity index (χ4v) is 5.13. The zero-order chi connectivity index (χ0) is 24.2. The standard InChI is InChI=1S/C26H38ClN3O3/c1-5-33-23(31)11-14-30-17-21-19(16-28)7-6-12-26(21,29-24(30)32)20-9-8-18(22(27)15-20)10-13-25(2,3)4/h8-9,15,17,19H,5-7,10-14,16,28H2,1-4H3,(H,29,32). The number of halogens is 1. The Balaban J connectivity index is 1.92. The zero-order valence-electron chi connectivity index (χ0n) is 20.4. The van der Waals surface area contributed by atoms with Crippen LogP contribution in [0.25, 0.3) is 0 Å². The third-order valence-electron chi connectivity index (χ3n) is 6.75. The molecular weight excluding hydrogens is 438 g/mol. The Bertz CT molecular complexity index is 909. The van der Waals surface area contributed by atoms with Crippen LogP contribution in [0.15, 0.2) is 30.0 Å². The predicted molar refractivity (Wildman–Crippen MR) is 132 cm³/mol. The summed E-state index contributed by atoms with van der Waals surface area (Å²) in [7, 11) is 0. The Kier molecular flexibility index (Phi) is 8.12. The predicted octanol–water partition coefficient (Wildman–Crippen LogP) is 5.14. The lowest BCUT2D eigenvalue weighted by Crippen LogP contribution is -2.58. The van der Waals surface area contributed by atoms with Crippen LogP contribution in [0.4, 0.5) is 4.79 Å². The topological polar surface area (TPSA) is 84.7 Å². The second-order valence-corrected chi connectivity index (χ2v) is 10.8. The third-order valence-corrected chi connectivity index (χ3v) is 7.10. The minimum atomic E-state index is -0.619. The molecule has 2 amide bonds. The SMILES string of the molecule is CCOC(=O)CCN1C=C2C(CN)CCCC2(c2ccc(CCC(C)(C)C)c(Cl)c2)NC1=O. The Labute approximate surface area is 202 Å². The van der Waals surface area contributed by atoms with Crippen LogP contribution < -0.4 is 11.1 Å². The summed E-state index contributed by atoms with van der Waals surface area (Å²) in [5.41, 5.74) is 8.98. The van der Waals surface area contributed by atoms with Crippen molar-refractivity contribution in [1.29, 1.82) is 0 Å². The van der Waals surface area contributed by atoms with Crippen LogP contribution in [0.2, 0.25) is 5.02 Å². The highest BCUT2D eigenvalue weighted by atomic mass is 35.5. The van der Waals surface area contributed by atoms with Crippen molar-refractivity contribution in [3.8, 4) is 0 Å². The summed E-state index contributed by atoms with van der Waals surface area (Å²) in [5.74, 6) is -0.152. The number of carbonyl (C=O) groups is 2. The van der Waals surface area contributed by atoms with Crippen molar-refractivity contribution in [3.63, 3.8) is 0 Å². The first-order chi connectivity index (χ1) is 15.6. The number of amides is 2. The van der Waals surface area contributed by atoms with E-state index < -0.39 is 5.54 Å². The van der Waals surface area contributed by atoms with E-state index in [2.05, 4.69) is 38.2 Å². The lowest BCUT2D eigenvalue weighted by atomic mass is 9.67. The van der Waals surface area contributed by atoms with Crippen LogP contribution in [0.5, 0.6) is 0 Å². The van der Waals surface area contributed by atoms with Gasteiger partial charge in [-0.25, -0.2) is 4.79 Å². The van der Waals surface area contributed by atoms with Crippen LogP contribution in [0, 0.1) is 11.3 Å². The van der Waals surface area contributed by atoms with Gasteiger partial charge in [-0.2, -0.15) is 0 Å². The van der Waals surface area contributed by atoms with Gasteiger partial charge in [0.1, 0.15) is 0 Å². The summed E-state index contributed by atoms with van der Waals surface area (Å²) in [5, 5.41) is 4.01. The van der Waals surface area contributed by atoms with E-state index in [0.29, 0.717) is 13.2 Å². The Hall–Kier alpha value is -2.05. The molecule has 2 atom stereocenters. The van der Waals surface area contributed by atoms with E-state index in [0.717, 1.165) is 53.8 Å². The summed E-state index contributed by atoms with van der Waals surface area (Å²) in [6, 6.07) is 6.00. The number of hydrogen-bond donors (Lipinski definition) is 2. The van der Waals surface area contributed by atoms with Crippen molar-refractivity contribution in [2.75, 3.05) is 19.7 Å². The summed E-state index contributed by atoms with van der Waals surface area (Å²) in [4.78, 5) is 26.5. The molecular formula is C26H38ClN3O3. The number of benzene rings is 1. The fourth-order valence-electron chi connectivity index (χ4n) is 4.86. The molecule has 1 saturated carbocycles. The van der Waals surface area contributed by atoms with E-state index in [4.69, 9.17) is 22.1 Å². The van der Waals surface area contributed by atoms with Crippen LogP contribution >= 0.6 is 11.6 Å². The maximum absolute atomic E-state index is 13.1. The van der Waals surface area contributed by atoms with Crippen molar-refractivity contribution in [3.05, 3.63) is 46.1 Å². The summed E-state index contributed by atoms with van der Waals surface area (Å²) < 4.78 is 5.02. The van der Waals surface area contributed by atoms with E-state index in [1.807, 2.05) is 12.3 Å². The highest BCUT2D eigenvalue weighted by molar-refractivity contribution is 6.31. The molecule has 182 valence electrons. The number of hydrogen-bond acceptors (Lipinski definition) is 4. The molecule has 1 aromatic carbocycles. The maximum atomic E-state index is 13.1. The Morgan fingerprint density at radius 3 is 2.76 bits per heavy atom. The molecule has 0 radical (unpaired) electrons. The molecule has 0 saturated heterocycles. The molecule has 6 nitrogen and oxygen atoms in total. The molecule has 1 aromatic rings. The fraction of sp³-hybridized carbons (Fsp3) is 0.615. The molecule has 7 heteroatoms. The average Bonchev–Trinajstić information content (AvgIpc) is 2.75. The highest BCUT2D eigenvalue weighted by Crippen LogP contribution is 2.47. The molecule has 1 heterocycles. The van der Waals surface area contributed by atoms with Gasteiger partial charge in [-0.15, -0.1) is 0 Å². The number of carbonyl (C=O) groups excluding carboxylic acids is 2. The molecule has 3 N–H and O–H groups in total. The smallest absolute Gasteiger partial charge is 0.322 e. The van der Waals surface area contributed by atoms with Gasteiger partial charge >= 0.3 is 12.0 Å². The third kappa shape index (κ3) is 5.90. The molecule has 0 bridgehead atoms. The number of urea groups is 1.